The summed E-state index contributed by atoms with van der Waals surface area (Å²) in [6.07, 6.45) is 6.71. The smallest absolute Gasteiger partial charge is 0.255 e. The molecule has 3 aromatic rings. The molecule has 2 heterocycles. The van der Waals surface area contributed by atoms with Gasteiger partial charge in [0.15, 0.2) is 0 Å². The van der Waals surface area contributed by atoms with E-state index in [-0.39, 0.29) is 11.9 Å². The van der Waals surface area contributed by atoms with Crippen LogP contribution in [0.2, 0.25) is 0 Å². The average Bonchev–Trinajstić information content (AvgIpc) is 3.01. The van der Waals surface area contributed by atoms with E-state index in [1.165, 1.54) is 0 Å². The Balaban J connectivity index is 1.91. The van der Waals surface area contributed by atoms with Crippen molar-refractivity contribution in [1.29, 1.82) is 0 Å². The van der Waals surface area contributed by atoms with Crippen LogP contribution in [0.15, 0.2) is 67.3 Å². The summed E-state index contributed by atoms with van der Waals surface area (Å²) in [6, 6.07) is 13.4. The maximum Gasteiger partial charge on any atom is 0.255 e. The monoisotopic (exact) mass is 292 g/mol. The summed E-state index contributed by atoms with van der Waals surface area (Å²) in [5.41, 5.74) is 2.54. The van der Waals surface area contributed by atoms with Crippen molar-refractivity contribution >= 4 is 5.91 Å². The first-order valence-corrected chi connectivity index (χ1v) is 6.98. The standard InChI is InChI=1S/C17H16N4O/c1-21-12-15(11-19-21)17(22)20-16(13-5-3-2-4-6-13)14-7-9-18-10-8-14/h2-12,16H,1H3,(H,20,22). The molecule has 22 heavy (non-hydrogen) atoms. The number of pyridine rings is 1. The van der Waals surface area contributed by atoms with E-state index in [4.69, 9.17) is 0 Å². The summed E-state index contributed by atoms with van der Waals surface area (Å²) in [6.45, 7) is 0. The summed E-state index contributed by atoms with van der Waals surface area (Å²) in [5, 5.41) is 7.10. The van der Waals surface area contributed by atoms with Gasteiger partial charge in [-0.05, 0) is 23.3 Å². The number of nitrogens with zero attached hydrogens (tertiary/aromatic N) is 3. The van der Waals surface area contributed by atoms with Crippen LogP contribution in [0.3, 0.4) is 0 Å². The second kappa shape index (κ2) is 6.22. The first-order valence-electron chi connectivity index (χ1n) is 6.98. The highest BCUT2D eigenvalue weighted by Gasteiger charge is 2.18. The normalized spacial score (nSPS) is 11.9. The second-order valence-electron chi connectivity index (χ2n) is 5.00. The molecule has 3 rings (SSSR count). The van der Waals surface area contributed by atoms with Gasteiger partial charge in [-0.15, -0.1) is 0 Å². The Morgan fingerprint density at radius 3 is 2.41 bits per heavy atom. The van der Waals surface area contributed by atoms with E-state index in [0.717, 1.165) is 11.1 Å². The number of hydrogen-bond acceptors (Lipinski definition) is 3. The number of hydrogen-bond donors (Lipinski definition) is 1. The molecule has 1 N–H and O–H groups in total. The van der Waals surface area contributed by atoms with Crippen LogP contribution < -0.4 is 5.32 Å². The molecule has 1 atom stereocenters. The number of carbonyl (C=O) groups is 1. The molecule has 2 aromatic heterocycles. The predicted octanol–water partition coefficient (Wildman–Crippen LogP) is 2.33. The van der Waals surface area contributed by atoms with Gasteiger partial charge >= 0.3 is 0 Å². The Labute approximate surface area is 128 Å². The minimum Gasteiger partial charge on any atom is -0.341 e. The molecule has 0 aliphatic carbocycles. The van der Waals surface area contributed by atoms with E-state index in [1.807, 2.05) is 42.5 Å². The highest BCUT2D eigenvalue weighted by atomic mass is 16.1. The fourth-order valence-electron chi connectivity index (χ4n) is 2.31. The maximum atomic E-state index is 12.4. The summed E-state index contributed by atoms with van der Waals surface area (Å²) in [4.78, 5) is 16.5. The zero-order chi connectivity index (χ0) is 15.4. The molecule has 1 unspecified atom stereocenters. The third-order valence-corrected chi connectivity index (χ3v) is 3.41. The molecule has 0 aliphatic rings. The van der Waals surface area contributed by atoms with Crippen molar-refractivity contribution in [1.82, 2.24) is 20.1 Å². The third kappa shape index (κ3) is 3.03. The van der Waals surface area contributed by atoms with Gasteiger partial charge in [0.25, 0.3) is 5.91 Å². The minimum atomic E-state index is -0.225. The summed E-state index contributed by atoms with van der Waals surface area (Å²) in [5.74, 6) is -0.154. The molecule has 1 aromatic carbocycles. The summed E-state index contributed by atoms with van der Waals surface area (Å²) >= 11 is 0. The van der Waals surface area contributed by atoms with Gasteiger partial charge in [-0.3, -0.25) is 14.5 Å². The van der Waals surface area contributed by atoms with Gasteiger partial charge in [0.2, 0.25) is 0 Å². The SMILES string of the molecule is Cn1cc(C(=O)NC(c2ccccc2)c2ccncc2)cn1. The molecule has 0 saturated heterocycles. The van der Waals surface area contributed by atoms with Crippen molar-refractivity contribution in [3.05, 3.63) is 83.9 Å². The molecule has 0 aliphatic heterocycles. The fraction of sp³-hybridized carbons (Fsp3) is 0.118. The van der Waals surface area contributed by atoms with E-state index in [9.17, 15) is 4.79 Å². The van der Waals surface area contributed by atoms with Crippen LogP contribution in [0.4, 0.5) is 0 Å². The third-order valence-electron chi connectivity index (χ3n) is 3.41. The topological polar surface area (TPSA) is 59.8 Å². The molecule has 0 saturated carbocycles. The Hall–Kier alpha value is -2.95. The van der Waals surface area contributed by atoms with Crippen LogP contribution in [-0.2, 0) is 7.05 Å². The van der Waals surface area contributed by atoms with E-state index < -0.39 is 0 Å². The molecule has 0 fully saturated rings. The first-order chi connectivity index (χ1) is 10.7. The number of aryl methyl sites for hydroxylation is 1. The molecule has 0 bridgehead atoms. The van der Waals surface area contributed by atoms with Gasteiger partial charge < -0.3 is 5.32 Å². The maximum absolute atomic E-state index is 12.4. The Morgan fingerprint density at radius 1 is 1.09 bits per heavy atom. The molecular formula is C17H16N4O. The average molecular weight is 292 g/mol. The van der Waals surface area contributed by atoms with Crippen molar-refractivity contribution in [2.75, 3.05) is 0 Å². The number of benzene rings is 1. The molecule has 1 amide bonds. The van der Waals surface area contributed by atoms with Crippen molar-refractivity contribution in [2.45, 2.75) is 6.04 Å². The van der Waals surface area contributed by atoms with Crippen LogP contribution in [-0.4, -0.2) is 20.7 Å². The Morgan fingerprint density at radius 2 is 1.77 bits per heavy atom. The zero-order valence-corrected chi connectivity index (χ0v) is 12.2. The van der Waals surface area contributed by atoms with E-state index >= 15 is 0 Å². The van der Waals surface area contributed by atoms with Crippen LogP contribution in [0.5, 0.6) is 0 Å². The van der Waals surface area contributed by atoms with Gasteiger partial charge in [-0.25, -0.2) is 0 Å². The number of carbonyl (C=O) groups excluding carboxylic acids is 1. The Bertz CT molecular complexity index is 713. The first kappa shape index (κ1) is 14.0. The summed E-state index contributed by atoms with van der Waals surface area (Å²) < 4.78 is 1.61. The van der Waals surface area contributed by atoms with Gasteiger partial charge in [-0.1, -0.05) is 30.3 Å². The number of amides is 1. The second-order valence-corrected chi connectivity index (χ2v) is 5.00. The van der Waals surface area contributed by atoms with Crippen molar-refractivity contribution < 1.29 is 4.79 Å². The van der Waals surface area contributed by atoms with Gasteiger partial charge in [0.1, 0.15) is 0 Å². The largest absolute Gasteiger partial charge is 0.341 e. The quantitative estimate of drug-likeness (QED) is 0.803. The van der Waals surface area contributed by atoms with E-state index in [0.29, 0.717) is 5.56 Å². The van der Waals surface area contributed by atoms with Crippen LogP contribution in [0.25, 0.3) is 0 Å². The van der Waals surface area contributed by atoms with Crippen molar-refractivity contribution in [2.24, 2.45) is 7.05 Å². The Kier molecular flexibility index (Phi) is 3.96. The lowest BCUT2D eigenvalue weighted by Gasteiger charge is -2.19. The van der Waals surface area contributed by atoms with Crippen LogP contribution >= 0.6 is 0 Å². The molecular weight excluding hydrogens is 276 g/mol. The lowest BCUT2D eigenvalue weighted by atomic mass is 9.99. The summed E-state index contributed by atoms with van der Waals surface area (Å²) in [7, 11) is 1.79. The number of rotatable bonds is 4. The van der Waals surface area contributed by atoms with Gasteiger partial charge in [-0.2, -0.15) is 5.10 Å². The molecule has 5 heteroatoms. The van der Waals surface area contributed by atoms with Crippen LogP contribution in [0.1, 0.15) is 27.5 Å². The lowest BCUT2D eigenvalue weighted by Crippen LogP contribution is -2.29. The lowest BCUT2D eigenvalue weighted by molar-refractivity contribution is 0.0943. The van der Waals surface area contributed by atoms with Gasteiger partial charge in [0, 0.05) is 25.6 Å². The highest BCUT2D eigenvalue weighted by molar-refractivity contribution is 5.94. The van der Waals surface area contributed by atoms with Crippen molar-refractivity contribution in [3.8, 4) is 0 Å². The van der Waals surface area contributed by atoms with E-state index in [2.05, 4.69) is 15.4 Å². The molecule has 0 radical (unpaired) electrons. The molecule has 5 nitrogen and oxygen atoms in total. The molecule has 0 spiro atoms. The highest BCUT2D eigenvalue weighted by Crippen LogP contribution is 2.21. The number of aromatic nitrogens is 3. The van der Waals surface area contributed by atoms with Gasteiger partial charge in [0.05, 0.1) is 17.8 Å². The van der Waals surface area contributed by atoms with E-state index in [1.54, 1.807) is 36.5 Å². The predicted molar refractivity (Wildman–Crippen MR) is 83.2 cm³/mol. The minimum absolute atomic E-state index is 0.154. The number of nitrogens with one attached hydrogen (secondary N) is 1. The molecule has 110 valence electrons. The fourth-order valence-corrected chi connectivity index (χ4v) is 2.31. The zero-order valence-electron chi connectivity index (χ0n) is 12.2. The van der Waals surface area contributed by atoms with Crippen molar-refractivity contribution in [3.63, 3.8) is 0 Å². The van der Waals surface area contributed by atoms with Crippen LogP contribution in [0, 0.1) is 0 Å².